The summed E-state index contributed by atoms with van der Waals surface area (Å²) < 4.78 is 1.65. The Balaban J connectivity index is 2.09. The number of amides is 1. The van der Waals surface area contributed by atoms with E-state index in [1.54, 1.807) is 17.9 Å². The van der Waals surface area contributed by atoms with Gasteiger partial charge < -0.3 is 10.6 Å². The van der Waals surface area contributed by atoms with Gasteiger partial charge in [0.05, 0.1) is 11.4 Å². The fourth-order valence-electron chi connectivity index (χ4n) is 1.44. The third-order valence-electron chi connectivity index (χ3n) is 2.21. The molecule has 2 heterocycles. The Hall–Kier alpha value is -1.96. The van der Waals surface area contributed by atoms with Crippen LogP contribution in [0.25, 0.3) is 0 Å². The summed E-state index contributed by atoms with van der Waals surface area (Å²) in [5.41, 5.74) is 1.45. The fourth-order valence-corrected chi connectivity index (χ4v) is 2.14. The molecular formula is C10H14N6OS. The van der Waals surface area contributed by atoms with E-state index in [1.165, 1.54) is 11.3 Å². The van der Waals surface area contributed by atoms with Gasteiger partial charge in [-0.05, 0) is 13.8 Å². The number of anilines is 2. The molecule has 8 heteroatoms. The number of hydrogen-bond donors (Lipinski definition) is 2. The summed E-state index contributed by atoms with van der Waals surface area (Å²) in [6.45, 7) is 4.54. The molecule has 96 valence electrons. The summed E-state index contributed by atoms with van der Waals surface area (Å²) >= 11 is 1.22. The number of rotatable bonds is 4. The fraction of sp³-hybridized carbons (Fsp3) is 0.400. The van der Waals surface area contributed by atoms with Crippen LogP contribution in [0.5, 0.6) is 0 Å². The molecule has 18 heavy (non-hydrogen) atoms. The van der Waals surface area contributed by atoms with E-state index < -0.39 is 0 Å². The van der Waals surface area contributed by atoms with E-state index in [-0.39, 0.29) is 5.91 Å². The zero-order valence-corrected chi connectivity index (χ0v) is 11.2. The maximum atomic E-state index is 11.9. The first-order valence-electron chi connectivity index (χ1n) is 5.49. The smallest absolute Gasteiger partial charge is 0.286 e. The minimum Gasteiger partial charge on any atom is -0.360 e. The molecule has 1 amide bonds. The Morgan fingerprint density at radius 1 is 1.50 bits per heavy atom. The Morgan fingerprint density at radius 3 is 2.89 bits per heavy atom. The molecule has 2 aromatic rings. The van der Waals surface area contributed by atoms with Crippen molar-refractivity contribution in [3.8, 4) is 0 Å². The van der Waals surface area contributed by atoms with Crippen LogP contribution in [-0.4, -0.2) is 32.4 Å². The molecule has 2 N–H and O–H groups in total. The first-order chi connectivity index (χ1) is 8.60. The van der Waals surface area contributed by atoms with Crippen LogP contribution in [-0.2, 0) is 7.05 Å². The average molecular weight is 266 g/mol. The van der Waals surface area contributed by atoms with Gasteiger partial charge in [-0.1, -0.05) is 11.3 Å². The standard InChI is InChI=1S/C10H14N6OS/c1-4-11-10-14-13-9(18-10)8(17)12-7-5-16(3)15-6(7)2/h5H,4H2,1-3H3,(H,11,14)(H,12,17). The predicted molar refractivity (Wildman–Crippen MR) is 70.0 cm³/mol. The summed E-state index contributed by atoms with van der Waals surface area (Å²) in [4.78, 5) is 11.9. The second kappa shape index (κ2) is 5.13. The van der Waals surface area contributed by atoms with E-state index in [0.717, 1.165) is 12.2 Å². The minimum absolute atomic E-state index is 0.271. The van der Waals surface area contributed by atoms with E-state index in [1.807, 2.05) is 13.8 Å². The highest BCUT2D eigenvalue weighted by Gasteiger charge is 2.14. The third kappa shape index (κ3) is 2.65. The van der Waals surface area contributed by atoms with E-state index in [0.29, 0.717) is 15.8 Å². The summed E-state index contributed by atoms with van der Waals surface area (Å²) in [7, 11) is 1.80. The number of carbonyl (C=O) groups excluding carboxylic acids is 1. The van der Waals surface area contributed by atoms with Crippen molar-refractivity contribution in [2.45, 2.75) is 13.8 Å². The SMILES string of the molecule is CCNc1nnc(C(=O)Nc2cn(C)nc2C)s1. The molecule has 0 bridgehead atoms. The van der Waals surface area contributed by atoms with Crippen LogP contribution in [0.4, 0.5) is 10.8 Å². The Labute approximate surface area is 108 Å². The largest absolute Gasteiger partial charge is 0.360 e. The lowest BCUT2D eigenvalue weighted by Gasteiger charge is -1.98. The van der Waals surface area contributed by atoms with Gasteiger partial charge >= 0.3 is 0 Å². The molecule has 0 aliphatic carbocycles. The molecular weight excluding hydrogens is 252 g/mol. The summed E-state index contributed by atoms with van der Waals surface area (Å²) in [5, 5.41) is 18.6. The molecule has 0 spiro atoms. The quantitative estimate of drug-likeness (QED) is 0.870. The highest BCUT2D eigenvalue weighted by Crippen LogP contribution is 2.18. The van der Waals surface area contributed by atoms with Crippen molar-refractivity contribution >= 4 is 28.1 Å². The third-order valence-corrected chi connectivity index (χ3v) is 3.09. The predicted octanol–water partition coefficient (Wildman–Crippen LogP) is 1.26. The van der Waals surface area contributed by atoms with Crippen molar-refractivity contribution < 1.29 is 4.79 Å². The van der Waals surface area contributed by atoms with E-state index in [4.69, 9.17) is 0 Å². The second-order valence-electron chi connectivity index (χ2n) is 3.70. The Morgan fingerprint density at radius 2 is 2.28 bits per heavy atom. The first kappa shape index (κ1) is 12.5. The van der Waals surface area contributed by atoms with Gasteiger partial charge in [0.15, 0.2) is 0 Å². The molecule has 0 saturated carbocycles. The van der Waals surface area contributed by atoms with E-state index in [2.05, 4.69) is 25.9 Å². The van der Waals surface area contributed by atoms with Crippen molar-refractivity contribution in [2.24, 2.45) is 7.05 Å². The molecule has 0 atom stereocenters. The van der Waals surface area contributed by atoms with Gasteiger partial charge in [-0.25, -0.2) is 0 Å². The van der Waals surface area contributed by atoms with Crippen LogP contribution in [0.3, 0.4) is 0 Å². The van der Waals surface area contributed by atoms with Crippen molar-refractivity contribution in [1.29, 1.82) is 0 Å². The van der Waals surface area contributed by atoms with Gasteiger partial charge in [-0.15, -0.1) is 10.2 Å². The lowest BCUT2D eigenvalue weighted by molar-refractivity contribution is 0.102. The molecule has 0 unspecified atom stereocenters. The average Bonchev–Trinajstić information content (AvgIpc) is 2.87. The minimum atomic E-state index is -0.271. The second-order valence-corrected chi connectivity index (χ2v) is 4.68. The lowest BCUT2D eigenvalue weighted by Crippen LogP contribution is -2.11. The van der Waals surface area contributed by atoms with Crippen LogP contribution in [0, 0.1) is 6.92 Å². The molecule has 0 radical (unpaired) electrons. The first-order valence-corrected chi connectivity index (χ1v) is 6.30. The highest BCUT2D eigenvalue weighted by molar-refractivity contribution is 7.17. The van der Waals surface area contributed by atoms with Crippen molar-refractivity contribution in [1.82, 2.24) is 20.0 Å². The Bertz CT molecular complexity index is 560. The van der Waals surface area contributed by atoms with Crippen LogP contribution >= 0.6 is 11.3 Å². The molecule has 0 aromatic carbocycles. The monoisotopic (exact) mass is 266 g/mol. The molecule has 0 aliphatic rings. The van der Waals surface area contributed by atoms with Crippen molar-refractivity contribution in [3.63, 3.8) is 0 Å². The molecule has 2 aromatic heterocycles. The van der Waals surface area contributed by atoms with Gasteiger partial charge in [0, 0.05) is 19.8 Å². The topological polar surface area (TPSA) is 84.7 Å². The maximum absolute atomic E-state index is 11.9. The summed E-state index contributed by atoms with van der Waals surface area (Å²) in [6, 6.07) is 0. The highest BCUT2D eigenvalue weighted by atomic mass is 32.1. The molecule has 2 rings (SSSR count). The van der Waals surface area contributed by atoms with Gasteiger partial charge in [-0.3, -0.25) is 9.48 Å². The zero-order chi connectivity index (χ0) is 13.1. The number of aromatic nitrogens is 4. The van der Waals surface area contributed by atoms with Gasteiger partial charge in [0.1, 0.15) is 0 Å². The van der Waals surface area contributed by atoms with Crippen LogP contribution < -0.4 is 10.6 Å². The summed E-state index contributed by atoms with van der Waals surface area (Å²) in [6.07, 6.45) is 1.75. The van der Waals surface area contributed by atoms with Crippen LogP contribution in [0.1, 0.15) is 22.4 Å². The molecule has 0 aliphatic heterocycles. The maximum Gasteiger partial charge on any atom is 0.286 e. The van der Waals surface area contributed by atoms with Gasteiger partial charge in [0.25, 0.3) is 5.91 Å². The van der Waals surface area contributed by atoms with Crippen molar-refractivity contribution in [2.75, 3.05) is 17.2 Å². The number of carbonyl (C=O) groups is 1. The van der Waals surface area contributed by atoms with Crippen LogP contribution in [0.2, 0.25) is 0 Å². The van der Waals surface area contributed by atoms with Gasteiger partial charge in [-0.2, -0.15) is 5.10 Å². The van der Waals surface area contributed by atoms with Crippen LogP contribution in [0.15, 0.2) is 6.20 Å². The molecule has 0 fully saturated rings. The number of aryl methyl sites for hydroxylation is 2. The van der Waals surface area contributed by atoms with Crippen molar-refractivity contribution in [3.05, 3.63) is 16.9 Å². The van der Waals surface area contributed by atoms with E-state index >= 15 is 0 Å². The van der Waals surface area contributed by atoms with Gasteiger partial charge in [0.2, 0.25) is 10.1 Å². The molecule has 7 nitrogen and oxygen atoms in total. The zero-order valence-electron chi connectivity index (χ0n) is 10.4. The number of nitrogens with one attached hydrogen (secondary N) is 2. The summed E-state index contributed by atoms with van der Waals surface area (Å²) in [5.74, 6) is -0.271. The Kier molecular flexibility index (Phi) is 3.56. The number of nitrogens with zero attached hydrogens (tertiary/aromatic N) is 4. The number of hydrogen-bond acceptors (Lipinski definition) is 6. The molecule has 0 saturated heterocycles. The lowest BCUT2D eigenvalue weighted by atomic mass is 10.4. The normalized spacial score (nSPS) is 10.4. The van der Waals surface area contributed by atoms with E-state index in [9.17, 15) is 4.79 Å².